The molecule has 0 spiro atoms. The van der Waals surface area contributed by atoms with Crippen molar-refractivity contribution in [2.45, 2.75) is 12.5 Å². The number of hydrogen-bond acceptors (Lipinski definition) is 2. The van der Waals surface area contributed by atoms with Crippen molar-refractivity contribution in [3.05, 3.63) is 65.0 Å². The van der Waals surface area contributed by atoms with Crippen LogP contribution in [0, 0.1) is 5.82 Å². The maximum absolute atomic E-state index is 14.0. The van der Waals surface area contributed by atoms with Crippen LogP contribution in [0.2, 0.25) is 0 Å². The summed E-state index contributed by atoms with van der Waals surface area (Å²) in [5.74, 6) is 0.638. The lowest BCUT2D eigenvalue weighted by molar-refractivity contribution is 0.412. The van der Waals surface area contributed by atoms with Gasteiger partial charge in [-0.05, 0) is 35.7 Å². The molecule has 1 unspecified atom stereocenters. The molecule has 0 amide bonds. The zero-order valence-corrected chi connectivity index (χ0v) is 10.8. The van der Waals surface area contributed by atoms with E-state index in [2.05, 4.69) is 11.4 Å². The monoisotopic (exact) mass is 257 g/mol. The van der Waals surface area contributed by atoms with E-state index in [0.717, 1.165) is 24.3 Å². The first-order valence-electron chi connectivity index (χ1n) is 6.44. The Bertz CT molecular complexity index is 597. The Morgan fingerprint density at radius 2 is 2.00 bits per heavy atom. The minimum atomic E-state index is -0.171. The lowest BCUT2D eigenvalue weighted by Gasteiger charge is -2.28. The zero-order valence-electron chi connectivity index (χ0n) is 10.8. The van der Waals surface area contributed by atoms with Crippen LogP contribution in [0.4, 0.5) is 4.39 Å². The van der Waals surface area contributed by atoms with Crippen molar-refractivity contribution in [3.8, 4) is 5.75 Å². The summed E-state index contributed by atoms with van der Waals surface area (Å²) in [5, 5.41) is 3.39. The van der Waals surface area contributed by atoms with Crippen LogP contribution < -0.4 is 10.1 Å². The number of halogens is 1. The van der Waals surface area contributed by atoms with Gasteiger partial charge in [0.15, 0.2) is 0 Å². The van der Waals surface area contributed by atoms with Crippen molar-refractivity contribution in [2.75, 3.05) is 13.7 Å². The number of rotatable bonds is 2. The smallest absolute Gasteiger partial charge is 0.128 e. The average molecular weight is 257 g/mol. The molecule has 0 aromatic heterocycles. The second-order valence-corrected chi connectivity index (χ2v) is 4.72. The first-order chi connectivity index (χ1) is 9.29. The number of hydrogen-bond donors (Lipinski definition) is 1. The van der Waals surface area contributed by atoms with E-state index in [1.165, 1.54) is 11.6 Å². The first kappa shape index (κ1) is 12.2. The Balaban J connectivity index is 2.09. The van der Waals surface area contributed by atoms with E-state index in [4.69, 9.17) is 4.74 Å². The van der Waals surface area contributed by atoms with Gasteiger partial charge in [0.25, 0.3) is 0 Å². The van der Waals surface area contributed by atoms with Crippen molar-refractivity contribution < 1.29 is 9.13 Å². The topological polar surface area (TPSA) is 21.3 Å². The largest absolute Gasteiger partial charge is 0.497 e. The van der Waals surface area contributed by atoms with Gasteiger partial charge >= 0.3 is 0 Å². The lowest BCUT2D eigenvalue weighted by atomic mass is 9.89. The summed E-state index contributed by atoms with van der Waals surface area (Å²) in [6.45, 7) is 0.859. The fourth-order valence-corrected chi connectivity index (χ4v) is 2.64. The van der Waals surface area contributed by atoms with Crippen molar-refractivity contribution >= 4 is 0 Å². The molecule has 2 aromatic carbocycles. The highest BCUT2D eigenvalue weighted by atomic mass is 19.1. The van der Waals surface area contributed by atoms with Crippen LogP contribution in [-0.2, 0) is 6.42 Å². The van der Waals surface area contributed by atoms with Crippen LogP contribution in [0.25, 0.3) is 0 Å². The Kier molecular flexibility index (Phi) is 3.22. The van der Waals surface area contributed by atoms with Crippen molar-refractivity contribution in [1.82, 2.24) is 5.32 Å². The third kappa shape index (κ3) is 2.22. The number of ether oxygens (including phenoxy) is 1. The molecule has 1 aliphatic heterocycles. The molecule has 0 aliphatic carbocycles. The quantitative estimate of drug-likeness (QED) is 0.892. The summed E-state index contributed by atoms with van der Waals surface area (Å²) in [4.78, 5) is 0. The highest BCUT2D eigenvalue weighted by Gasteiger charge is 2.23. The lowest BCUT2D eigenvalue weighted by Crippen LogP contribution is -2.31. The normalized spacial score (nSPS) is 17.9. The van der Waals surface area contributed by atoms with E-state index in [-0.39, 0.29) is 11.9 Å². The van der Waals surface area contributed by atoms with Crippen LogP contribution in [0.5, 0.6) is 5.75 Å². The van der Waals surface area contributed by atoms with Gasteiger partial charge in [-0.1, -0.05) is 24.3 Å². The summed E-state index contributed by atoms with van der Waals surface area (Å²) in [7, 11) is 1.65. The molecular formula is C16H16FNO. The van der Waals surface area contributed by atoms with E-state index in [0.29, 0.717) is 5.56 Å². The van der Waals surface area contributed by atoms with Gasteiger partial charge in [0.05, 0.1) is 13.2 Å². The van der Waals surface area contributed by atoms with Crippen LogP contribution in [-0.4, -0.2) is 13.7 Å². The van der Waals surface area contributed by atoms with Gasteiger partial charge in [0.2, 0.25) is 0 Å². The first-order valence-corrected chi connectivity index (χ1v) is 6.44. The van der Waals surface area contributed by atoms with E-state index < -0.39 is 0 Å². The Morgan fingerprint density at radius 3 is 2.79 bits per heavy atom. The molecule has 98 valence electrons. The van der Waals surface area contributed by atoms with Crippen LogP contribution in [0.1, 0.15) is 22.7 Å². The van der Waals surface area contributed by atoms with Crippen molar-refractivity contribution in [3.63, 3.8) is 0 Å². The summed E-state index contributed by atoms with van der Waals surface area (Å²) < 4.78 is 19.3. The SMILES string of the molecule is COc1ccc2c(c1)C(c1ccccc1F)NCC2. The van der Waals surface area contributed by atoms with Gasteiger partial charge in [-0.25, -0.2) is 4.39 Å². The fourth-order valence-electron chi connectivity index (χ4n) is 2.64. The molecule has 2 aromatic rings. The zero-order chi connectivity index (χ0) is 13.2. The number of methoxy groups -OCH3 is 1. The molecule has 0 saturated heterocycles. The van der Waals surface area contributed by atoms with Crippen LogP contribution >= 0.6 is 0 Å². The van der Waals surface area contributed by atoms with Gasteiger partial charge in [-0.3, -0.25) is 0 Å². The molecule has 1 atom stereocenters. The summed E-state index contributed by atoms with van der Waals surface area (Å²) in [5.41, 5.74) is 3.06. The van der Waals surface area contributed by atoms with E-state index in [1.807, 2.05) is 24.3 Å². The van der Waals surface area contributed by atoms with Gasteiger partial charge in [0, 0.05) is 12.1 Å². The second-order valence-electron chi connectivity index (χ2n) is 4.72. The number of nitrogens with one attached hydrogen (secondary N) is 1. The maximum atomic E-state index is 14.0. The second kappa shape index (κ2) is 5.02. The van der Waals surface area contributed by atoms with E-state index in [9.17, 15) is 4.39 Å². The van der Waals surface area contributed by atoms with Crippen LogP contribution in [0.3, 0.4) is 0 Å². The minimum Gasteiger partial charge on any atom is -0.497 e. The summed E-state index contributed by atoms with van der Waals surface area (Å²) in [6, 6.07) is 12.9. The molecule has 3 heteroatoms. The molecule has 0 bridgehead atoms. The molecule has 2 nitrogen and oxygen atoms in total. The molecule has 1 heterocycles. The Hall–Kier alpha value is -1.87. The van der Waals surface area contributed by atoms with E-state index in [1.54, 1.807) is 13.2 Å². The summed E-state index contributed by atoms with van der Waals surface area (Å²) >= 11 is 0. The van der Waals surface area contributed by atoms with Crippen molar-refractivity contribution in [1.29, 1.82) is 0 Å². The number of fused-ring (bicyclic) bond motifs is 1. The molecule has 19 heavy (non-hydrogen) atoms. The average Bonchev–Trinajstić information content (AvgIpc) is 2.47. The molecule has 1 aliphatic rings. The predicted molar refractivity (Wildman–Crippen MR) is 72.9 cm³/mol. The fraction of sp³-hybridized carbons (Fsp3) is 0.250. The van der Waals surface area contributed by atoms with Gasteiger partial charge < -0.3 is 10.1 Å². The standard InChI is InChI=1S/C16H16FNO/c1-19-12-7-6-11-8-9-18-16(14(11)10-12)13-4-2-3-5-15(13)17/h2-7,10,16,18H,8-9H2,1H3. The predicted octanol–water partition coefficient (Wildman–Crippen LogP) is 3.07. The highest BCUT2D eigenvalue weighted by molar-refractivity contribution is 5.44. The Morgan fingerprint density at radius 1 is 1.16 bits per heavy atom. The number of benzene rings is 2. The van der Waals surface area contributed by atoms with E-state index >= 15 is 0 Å². The summed E-state index contributed by atoms with van der Waals surface area (Å²) in [6.07, 6.45) is 0.963. The Labute approximate surface area is 112 Å². The molecule has 1 N–H and O–H groups in total. The third-order valence-corrected chi connectivity index (χ3v) is 3.62. The third-order valence-electron chi connectivity index (χ3n) is 3.62. The molecule has 0 radical (unpaired) electrons. The molecule has 0 saturated carbocycles. The maximum Gasteiger partial charge on any atom is 0.128 e. The molecule has 3 rings (SSSR count). The molecule has 0 fully saturated rings. The van der Waals surface area contributed by atoms with Crippen LogP contribution in [0.15, 0.2) is 42.5 Å². The van der Waals surface area contributed by atoms with Crippen molar-refractivity contribution in [2.24, 2.45) is 0 Å². The van der Waals surface area contributed by atoms with Gasteiger partial charge in [-0.15, -0.1) is 0 Å². The van der Waals surface area contributed by atoms with Gasteiger partial charge in [0.1, 0.15) is 11.6 Å². The van der Waals surface area contributed by atoms with Gasteiger partial charge in [-0.2, -0.15) is 0 Å². The highest BCUT2D eigenvalue weighted by Crippen LogP contribution is 2.32. The minimum absolute atomic E-state index is 0.0972. The molecular weight excluding hydrogens is 241 g/mol.